The second-order valence-corrected chi connectivity index (χ2v) is 7.46. The Morgan fingerprint density at radius 2 is 2.04 bits per heavy atom. The number of pyridine rings is 1. The van der Waals surface area contributed by atoms with Crippen LogP contribution in [-0.2, 0) is 13.0 Å². The lowest BCUT2D eigenvalue weighted by Gasteiger charge is -2.27. The predicted molar refractivity (Wildman–Crippen MR) is 104 cm³/mol. The van der Waals surface area contributed by atoms with Crippen LogP contribution in [0.3, 0.4) is 0 Å². The number of amides is 1. The van der Waals surface area contributed by atoms with Gasteiger partial charge in [-0.1, -0.05) is 23.7 Å². The van der Waals surface area contributed by atoms with Gasteiger partial charge in [-0.05, 0) is 62.4 Å². The first-order valence-corrected chi connectivity index (χ1v) is 9.36. The van der Waals surface area contributed by atoms with E-state index in [2.05, 4.69) is 15.6 Å². The molecule has 1 aliphatic rings. The van der Waals surface area contributed by atoms with Crippen LogP contribution in [0.25, 0.3) is 0 Å². The molecule has 0 spiro atoms. The lowest BCUT2D eigenvalue weighted by atomic mass is 9.90. The first kappa shape index (κ1) is 18.7. The van der Waals surface area contributed by atoms with Crippen molar-refractivity contribution < 1.29 is 4.79 Å². The number of benzene rings is 1. The van der Waals surface area contributed by atoms with Crippen molar-refractivity contribution in [1.82, 2.24) is 15.6 Å². The molecule has 0 radical (unpaired) electrons. The topological polar surface area (TPSA) is 74.0 Å². The van der Waals surface area contributed by atoms with Gasteiger partial charge in [-0.25, -0.2) is 0 Å². The Balaban J connectivity index is 1.82. The molecule has 0 saturated carbocycles. The fourth-order valence-corrected chi connectivity index (χ4v) is 3.43. The lowest BCUT2D eigenvalue weighted by molar-refractivity contribution is 0.0941. The molecular formula is C20H24ClN3O2. The molecule has 0 bridgehead atoms. The summed E-state index contributed by atoms with van der Waals surface area (Å²) in [6, 6.07) is 9.58. The third-order valence-corrected chi connectivity index (χ3v) is 4.83. The highest BCUT2D eigenvalue weighted by Gasteiger charge is 2.24. The van der Waals surface area contributed by atoms with E-state index in [9.17, 15) is 9.59 Å². The molecule has 1 aromatic carbocycles. The zero-order valence-corrected chi connectivity index (χ0v) is 15.8. The monoisotopic (exact) mass is 373 g/mol. The number of rotatable bonds is 5. The number of carbonyl (C=O) groups is 1. The van der Waals surface area contributed by atoms with Gasteiger partial charge in [0.25, 0.3) is 11.5 Å². The van der Waals surface area contributed by atoms with Gasteiger partial charge in [0.2, 0.25) is 0 Å². The van der Waals surface area contributed by atoms with Gasteiger partial charge in [0.1, 0.15) is 5.56 Å². The van der Waals surface area contributed by atoms with Crippen molar-refractivity contribution in [1.29, 1.82) is 0 Å². The summed E-state index contributed by atoms with van der Waals surface area (Å²) in [6.45, 7) is 4.45. The summed E-state index contributed by atoms with van der Waals surface area (Å²) >= 11 is 5.93. The van der Waals surface area contributed by atoms with Gasteiger partial charge >= 0.3 is 0 Å². The number of fused-ring (bicyclic) bond motifs is 1. The highest BCUT2D eigenvalue weighted by atomic mass is 35.5. The summed E-state index contributed by atoms with van der Waals surface area (Å²) in [5.41, 5.74) is 2.94. The Kier molecular flexibility index (Phi) is 5.79. The number of carbonyl (C=O) groups excluding carboxylic acids is 1. The average Bonchev–Trinajstić information content (AvgIpc) is 2.60. The minimum atomic E-state index is -0.328. The van der Waals surface area contributed by atoms with E-state index < -0.39 is 0 Å². The zero-order valence-electron chi connectivity index (χ0n) is 15.1. The van der Waals surface area contributed by atoms with Gasteiger partial charge in [-0.2, -0.15) is 0 Å². The molecule has 1 atom stereocenters. The molecule has 1 amide bonds. The smallest absolute Gasteiger partial charge is 0.261 e. The maximum Gasteiger partial charge on any atom is 0.261 e. The Hall–Kier alpha value is -2.11. The average molecular weight is 374 g/mol. The van der Waals surface area contributed by atoms with Crippen molar-refractivity contribution in [3.63, 3.8) is 0 Å². The quantitative estimate of drug-likeness (QED) is 0.752. The molecule has 3 N–H and O–H groups in total. The molecule has 5 nitrogen and oxygen atoms in total. The number of H-pyrrole nitrogens is 1. The molecule has 138 valence electrons. The molecular weight excluding hydrogens is 350 g/mol. The number of hydrogen-bond acceptors (Lipinski definition) is 3. The standard InChI is InChI=1S/C20H24ClN3O2/c1-12(2)23-19(25)16-10-15-17(4-3-5-18(15)24-20(16)26)22-11-13-6-8-14(21)9-7-13/h6-10,12,17,22H,3-5,11H2,1-2H3,(H,23,25)(H,24,26). The van der Waals surface area contributed by atoms with Gasteiger partial charge in [0.05, 0.1) is 0 Å². The van der Waals surface area contributed by atoms with E-state index in [0.717, 1.165) is 41.1 Å². The van der Waals surface area contributed by atoms with Crippen molar-refractivity contribution in [2.75, 3.05) is 0 Å². The third-order valence-electron chi connectivity index (χ3n) is 4.58. The molecule has 26 heavy (non-hydrogen) atoms. The van der Waals surface area contributed by atoms with Crippen molar-refractivity contribution >= 4 is 17.5 Å². The van der Waals surface area contributed by atoms with E-state index in [4.69, 9.17) is 11.6 Å². The molecule has 1 unspecified atom stereocenters. The molecule has 1 aliphatic carbocycles. The summed E-state index contributed by atoms with van der Waals surface area (Å²) in [6.07, 6.45) is 2.80. The summed E-state index contributed by atoms with van der Waals surface area (Å²) in [4.78, 5) is 27.5. The molecule has 0 saturated heterocycles. The van der Waals surface area contributed by atoms with Crippen LogP contribution in [0.4, 0.5) is 0 Å². The van der Waals surface area contributed by atoms with Crippen LogP contribution in [0.2, 0.25) is 5.02 Å². The van der Waals surface area contributed by atoms with Crippen LogP contribution in [0.5, 0.6) is 0 Å². The summed E-state index contributed by atoms with van der Waals surface area (Å²) in [5.74, 6) is -0.328. The first-order valence-electron chi connectivity index (χ1n) is 8.99. The van der Waals surface area contributed by atoms with Gasteiger partial charge in [-0.15, -0.1) is 0 Å². The van der Waals surface area contributed by atoms with Crippen molar-refractivity contribution in [2.45, 2.75) is 51.7 Å². The largest absolute Gasteiger partial charge is 0.350 e. The van der Waals surface area contributed by atoms with Crippen molar-refractivity contribution in [3.05, 3.63) is 68.1 Å². The maximum atomic E-state index is 12.3. The fourth-order valence-electron chi connectivity index (χ4n) is 3.30. The predicted octanol–water partition coefficient (Wildman–Crippen LogP) is 3.33. The van der Waals surface area contributed by atoms with Crippen LogP contribution in [-0.4, -0.2) is 16.9 Å². The normalized spacial score (nSPS) is 16.4. The number of aromatic amines is 1. The number of aryl methyl sites for hydroxylation is 1. The van der Waals surface area contributed by atoms with Crippen LogP contribution in [0.15, 0.2) is 35.1 Å². The number of halogens is 1. The van der Waals surface area contributed by atoms with E-state index in [1.165, 1.54) is 0 Å². The Morgan fingerprint density at radius 3 is 2.73 bits per heavy atom. The second-order valence-electron chi connectivity index (χ2n) is 7.03. The van der Waals surface area contributed by atoms with Gasteiger partial charge in [-0.3, -0.25) is 9.59 Å². The highest BCUT2D eigenvalue weighted by Crippen LogP contribution is 2.28. The molecule has 0 fully saturated rings. The third kappa shape index (κ3) is 4.34. The van der Waals surface area contributed by atoms with Gasteiger partial charge < -0.3 is 15.6 Å². The number of hydrogen-bond donors (Lipinski definition) is 3. The summed E-state index contributed by atoms with van der Waals surface area (Å²) in [7, 11) is 0. The van der Waals surface area contributed by atoms with E-state index in [1.807, 2.05) is 38.1 Å². The SMILES string of the molecule is CC(C)NC(=O)c1cc2c([nH]c1=O)CCCC2NCc1ccc(Cl)cc1. The second kappa shape index (κ2) is 8.06. The molecule has 2 aromatic rings. The lowest BCUT2D eigenvalue weighted by Crippen LogP contribution is -2.36. The van der Waals surface area contributed by atoms with E-state index in [-0.39, 0.29) is 29.1 Å². The van der Waals surface area contributed by atoms with Crippen LogP contribution in [0.1, 0.15) is 59.9 Å². The number of nitrogens with one attached hydrogen (secondary N) is 3. The van der Waals surface area contributed by atoms with Gasteiger partial charge in [0, 0.05) is 29.3 Å². The van der Waals surface area contributed by atoms with E-state index in [0.29, 0.717) is 6.54 Å². The van der Waals surface area contributed by atoms with Crippen LogP contribution < -0.4 is 16.2 Å². The van der Waals surface area contributed by atoms with E-state index >= 15 is 0 Å². The minimum Gasteiger partial charge on any atom is -0.350 e. The first-order chi connectivity index (χ1) is 12.4. The Morgan fingerprint density at radius 1 is 1.31 bits per heavy atom. The fraction of sp³-hybridized carbons (Fsp3) is 0.400. The Labute approximate surface area is 158 Å². The molecule has 1 heterocycles. The van der Waals surface area contributed by atoms with Crippen LogP contribution >= 0.6 is 11.6 Å². The molecule has 1 aromatic heterocycles. The van der Waals surface area contributed by atoms with E-state index in [1.54, 1.807) is 6.07 Å². The molecule has 3 rings (SSSR count). The molecule has 0 aliphatic heterocycles. The highest BCUT2D eigenvalue weighted by molar-refractivity contribution is 6.30. The van der Waals surface area contributed by atoms with Crippen molar-refractivity contribution in [3.8, 4) is 0 Å². The minimum absolute atomic E-state index is 0.0169. The summed E-state index contributed by atoms with van der Waals surface area (Å²) in [5, 5.41) is 7.05. The van der Waals surface area contributed by atoms with Crippen molar-refractivity contribution in [2.24, 2.45) is 0 Å². The molecule has 6 heteroatoms. The summed E-state index contributed by atoms with van der Waals surface area (Å²) < 4.78 is 0. The number of aromatic nitrogens is 1. The van der Waals surface area contributed by atoms with Gasteiger partial charge in [0.15, 0.2) is 0 Å². The van der Waals surface area contributed by atoms with Crippen LogP contribution in [0, 0.1) is 0 Å². The maximum absolute atomic E-state index is 12.3. The zero-order chi connectivity index (χ0) is 18.7. The Bertz CT molecular complexity index is 843.